The maximum absolute atomic E-state index is 15.9. The Morgan fingerprint density at radius 1 is 1.06 bits per heavy atom. The number of esters is 1. The lowest BCUT2D eigenvalue weighted by molar-refractivity contribution is -0.870. The summed E-state index contributed by atoms with van der Waals surface area (Å²) in [5.41, 5.74) is 1.66. The van der Waals surface area contributed by atoms with Gasteiger partial charge in [0.1, 0.15) is 34.6 Å². The van der Waals surface area contributed by atoms with Gasteiger partial charge in [0.2, 0.25) is 0 Å². The van der Waals surface area contributed by atoms with Gasteiger partial charge in [0.15, 0.2) is 0 Å². The molecular weight excluding hydrogens is 726 g/mol. The Bertz CT molecular complexity index is 1750. The highest BCUT2D eigenvalue weighted by Gasteiger charge is 2.34. The molecule has 0 amide bonds. The van der Waals surface area contributed by atoms with Crippen LogP contribution in [0.15, 0.2) is 66.4 Å². The van der Waals surface area contributed by atoms with Gasteiger partial charge in [0.05, 0.1) is 46.9 Å². The van der Waals surface area contributed by atoms with Crippen LogP contribution in [-0.2, 0) is 20.7 Å². The number of anilines is 1. The SMILES string of the molecule is CC#CC(SCc1c(F)cc(PN(CCC[N+](C)(C)C)C(C)C(=O)OC)cc1F)N(/C(=C\C)C(C)(C)c1ccc(Cl)c(OC)c1)c1ccc(F)cc1. The van der Waals surface area contributed by atoms with Crippen molar-refractivity contribution >= 4 is 49.1 Å². The number of allylic oxidation sites excluding steroid dienone is 2. The van der Waals surface area contributed by atoms with Gasteiger partial charge < -0.3 is 18.9 Å². The summed E-state index contributed by atoms with van der Waals surface area (Å²) < 4.78 is 59.0. The zero-order valence-corrected chi connectivity index (χ0v) is 34.3. The van der Waals surface area contributed by atoms with Crippen LogP contribution in [0.1, 0.15) is 52.2 Å². The molecule has 0 fully saturated rings. The number of carbonyl (C=O) groups is 1. The molecule has 0 radical (unpaired) electrons. The summed E-state index contributed by atoms with van der Waals surface area (Å²) in [6.45, 7) is 10.9. The van der Waals surface area contributed by atoms with E-state index in [1.54, 1.807) is 39.2 Å². The van der Waals surface area contributed by atoms with Gasteiger partial charge in [0, 0.05) is 41.1 Å². The van der Waals surface area contributed by atoms with E-state index < -0.39 is 40.3 Å². The van der Waals surface area contributed by atoms with Crippen LogP contribution in [0.4, 0.5) is 18.9 Å². The number of hydrogen-bond donors (Lipinski definition) is 0. The molecule has 0 spiro atoms. The molecule has 3 rings (SSSR count). The van der Waals surface area contributed by atoms with Gasteiger partial charge in [-0.25, -0.2) is 13.2 Å². The maximum atomic E-state index is 15.9. The van der Waals surface area contributed by atoms with Gasteiger partial charge in [0.25, 0.3) is 0 Å². The van der Waals surface area contributed by atoms with Crippen LogP contribution >= 0.6 is 32.1 Å². The van der Waals surface area contributed by atoms with Crippen molar-refractivity contribution in [1.82, 2.24) is 4.67 Å². The van der Waals surface area contributed by atoms with Gasteiger partial charge in [-0.15, -0.1) is 17.7 Å². The van der Waals surface area contributed by atoms with E-state index in [2.05, 4.69) is 33.0 Å². The zero-order chi connectivity index (χ0) is 38.8. The highest BCUT2D eigenvalue weighted by atomic mass is 35.5. The smallest absolute Gasteiger partial charge is 0.323 e. The zero-order valence-electron chi connectivity index (χ0n) is 31.7. The van der Waals surface area contributed by atoms with Gasteiger partial charge in [-0.2, -0.15) is 0 Å². The van der Waals surface area contributed by atoms with E-state index >= 15 is 8.78 Å². The fraction of sp³-hybridized carbons (Fsp3) is 0.425. The first-order valence-electron chi connectivity index (χ1n) is 17.0. The quantitative estimate of drug-likeness (QED) is 0.0449. The molecule has 0 saturated carbocycles. The Morgan fingerprint density at radius 2 is 1.69 bits per heavy atom. The maximum Gasteiger partial charge on any atom is 0.323 e. The number of benzene rings is 3. The first-order chi connectivity index (χ1) is 24.5. The van der Waals surface area contributed by atoms with E-state index in [-0.39, 0.29) is 20.0 Å². The first kappa shape index (κ1) is 43.2. The number of ether oxygens (including phenoxy) is 2. The molecule has 0 heterocycles. The average molecular weight is 777 g/mol. The number of rotatable bonds is 17. The molecule has 0 bridgehead atoms. The van der Waals surface area contributed by atoms with Crippen molar-refractivity contribution in [3.05, 3.63) is 100.0 Å². The molecule has 0 aromatic heterocycles. The van der Waals surface area contributed by atoms with Crippen LogP contribution < -0.4 is 14.9 Å². The van der Waals surface area contributed by atoms with E-state index in [0.717, 1.165) is 28.7 Å². The molecule has 3 atom stereocenters. The first-order valence-corrected chi connectivity index (χ1v) is 19.3. The number of carbonyl (C=O) groups excluding carboxylic acids is 1. The van der Waals surface area contributed by atoms with Crippen molar-refractivity contribution in [2.24, 2.45) is 0 Å². The van der Waals surface area contributed by atoms with Crippen molar-refractivity contribution in [2.75, 3.05) is 53.4 Å². The Kier molecular flexibility index (Phi) is 16.0. The predicted octanol–water partition coefficient (Wildman–Crippen LogP) is 8.92. The Hall–Kier alpha value is -3.19. The summed E-state index contributed by atoms with van der Waals surface area (Å²) in [7, 11) is 9.01. The number of hydrogen-bond acceptors (Lipinski definition) is 6. The number of methoxy groups -OCH3 is 2. The molecule has 0 saturated heterocycles. The molecule has 3 aromatic rings. The molecule has 0 N–H and O–H groups in total. The summed E-state index contributed by atoms with van der Waals surface area (Å²) in [6, 6.07) is 13.8. The Labute approximate surface area is 319 Å². The molecule has 282 valence electrons. The fourth-order valence-electron chi connectivity index (χ4n) is 5.80. The minimum Gasteiger partial charge on any atom is -0.495 e. The van der Waals surface area contributed by atoms with E-state index in [1.165, 1.54) is 43.1 Å². The lowest BCUT2D eigenvalue weighted by Gasteiger charge is -2.40. The summed E-state index contributed by atoms with van der Waals surface area (Å²) in [6.07, 6.45) is 2.76. The van der Waals surface area contributed by atoms with Crippen LogP contribution in [0.5, 0.6) is 5.75 Å². The van der Waals surface area contributed by atoms with Crippen molar-refractivity contribution < 1.29 is 31.9 Å². The molecule has 0 aliphatic heterocycles. The molecule has 3 aromatic carbocycles. The second-order valence-electron chi connectivity index (χ2n) is 13.8. The third-order valence-corrected chi connectivity index (χ3v) is 11.5. The summed E-state index contributed by atoms with van der Waals surface area (Å²) in [5, 5.41) is 0.304. The van der Waals surface area contributed by atoms with Crippen LogP contribution in [0.25, 0.3) is 0 Å². The molecule has 0 aliphatic rings. The number of thioether (sulfide) groups is 1. The molecule has 6 nitrogen and oxygen atoms in total. The van der Waals surface area contributed by atoms with Gasteiger partial charge >= 0.3 is 5.97 Å². The van der Waals surface area contributed by atoms with Crippen LogP contribution in [0.3, 0.4) is 0 Å². The lowest BCUT2D eigenvalue weighted by Crippen LogP contribution is -2.40. The summed E-state index contributed by atoms with van der Waals surface area (Å²) in [5.74, 6) is 4.57. The van der Waals surface area contributed by atoms with Crippen LogP contribution in [0.2, 0.25) is 5.02 Å². The lowest BCUT2D eigenvalue weighted by atomic mass is 9.80. The van der Waals surface area contributed by atoms with E-state index in [9.17, 15) is 9.18 Å². The average Bonchev–Trinajstić information content (AvgIpc) is 3.08. The normalized spacial score (nSPS) is 13.6. The van der Waals surface area contributed by atoms with Crippen LogP contribution in [0, 0.1) is 29.3 Å². The number of quaternary nitrogens is 1. The third-order valence-electron chi connectivity index (χ3n) is 8.69. The van der Waals surface area contributed by atoms with E-state index in [1.807, 2.05) is 48.6 Å². The van der Waals surface area contributed by atoms with Crippen molar-refractivity contribution in [2.45, 2.75) is 63.6 Å². The second-order valence-corrected chi connectivity index (χ2v) is 16.7. The molecule has 52 heavy (non-hydrogen) atoms. The highest BCUT2D eigenvalue weighted by Crippen LogP contribution is 2.42. The monoisotopic (exact) mass is 776 g/mol. The highest BCUT2D eigenvalue weighted by molar-refractivity contribution is 7.99. The largest absolute Gasteiger partial charge is 0.495 e. The van der Waals surface area contributed by atoms with E-state index in [0.29, 0.717) is 28.3 Å². The Balaban J connectivity index is 1.99. The third kappa shape index (κ3) is 11.4. The van der Waals surface area contributed by atoms with Crippen LogP contribution in [-0.4, -0.2) is 75.0 Å². The molecular formula is C40H51ClF3N3O3PS+. The van der Waals surface area contributed by atoms with Crippen molar-refractivity contribution in [1.29, 1.82) is 0 Å². The number of halogens is 4. The summed E-state index contributed by atoms with van der Waals surface area (Å²) >= 11 is 7.63. The summed E-state index contributed by atoms with van der Waals surface area (Å²) in [4.78, 5) is 14.4. The molecule has 12 heteroatoms. The van der Waals surface area contributed by atoms with Crippen molar-refractivity contribution in [3.8, 4) is 17.6 Å². The number of nitrogens with zero attached hydrogens (tertiary/aromatic N) is 3. The van der Waals surface area contributed by atoms with Crippen molar-refractivity contribution in [3.63, 3.8) is 0 Å². The van der Waals surface area contributed by atoms with Gasteiger partial charge in [-0.3, -0.25) is 9.46 Å². The fourth-order valence-corrected chi connectivity index (χ4v) is 8.46. The van der Waals surface area contributed by atoms with Gasteiger partial charge in [-0.05, 0) is 88.9 Å². The standard InChI is InChI=1S/C40H51ClF3N3O3PS/c1-11-14-38(46(30-18-16-29(42)17-19-30)37(12-2)40(4,5)28-15-20-33(41)36(23-28)49-9)52-26-32-34(43)24-31(25-35(32)44)51-45(27(3)39(48)50-10)21-13-22-47(6,7)8/h12,15-20,23-25,27,38,51H,13,21-22,26H2,1-10H3/q+1/b37-12-. The Morgan fingerprint density at radius 3 is 2.23 bits per heavy atom. The molecule has 3 unspecified atom stereocenters. The predicted molar refractivity (Wildman–Crippen MR) is 212 cm³/mol. The minimum absolute atomic E-state index is 0.0317. The minimum atomic E-state index is -0.677. The second kappa shape index (κ2) is 19.2. The van der Waals surface area contributed by atoms with E-state index in [4.69, 9.17) is 21.1 Å². The van der Waals surface area contributed by atoms with Gasteiger partial charge in [-0.1, -0.05) is 43.5 Å². The topological polar surface area (TPSA) is 42.0 Å². The molecule has 0 aliphatic carbocycles.